The Kier molecular flexibility index (Phi) is 12.6. The predicted octanol–water partition coefficient (Wildman–Crippen LogP) is 6.29. The van der Waals surface area contributed by atoms with Crippen molar-refractivity contribution in [2.24, 2.45) is 0 Å². The van der Waals surface area contributed by atoms with E-state index < -0.39 is 12.0 Å². The molecule has 2 aromatic rings. The topological polar surface area (TPSA) is 84.9 Å². The van der Waals surface area contributed by atoms with Crippen LogP contribution in [0.1, 0.15) is 73.4 Å². The standard InChI is InChI=1S/C31H43NO5S/c1-4-36-21-25(37-24-11-6-5-7-12-24)16-14-23-15-17-27(28(20-23)26-13-9-8-10-22(26)2)30(33)32-29(31(34)35)18-19-38-3/h8-10,13,15,17,20,24-25,29H,4-7,11-12,14,16,18-19,21H2,1-3H3,(H,32,33)(H,34,35)/t25?,29-/m0/s1. The summed E-state index contributed by atoms with van der Waals surface area (Å²) in [5.41, 5.74) is 4.46. The second-order valence-corrected chi connectivity index (χ2v) is 11.0. The first-order valence-electron chi connectivity index (χ1n) is 13.9. The summed E-state index contributed by atoms with van der Waals surface area (Å²) in [6.07, 6.45) is 10.3. The number of thioether (sulfide) groups is 1. The number of carboxylic acid groups (broad SMARTS) is 1. The highest BCUT2D eigenvalue weighted by Crippen LogP contribution is 2.29. The van der Waals surface area contributed by atoms with Crippen molar-refractivity contribution in [3.63, 3.8) is 0 Å². The van der Waals surface area contributed by atoms with Crippen molar-refractivity contribution in [1.29, 1.82) is 0 Å². The van der Waals surface area contributed by atoms with E-state index in [9.17, 15) is 14.7 Å². The fourth-order valence-electron chi connectivity index (χ4n) is 5.01. The van der Waals surface area contributed by atoms with Crippen LogP contribution in [0, 0.1) is 6.92 Å². The lowest BCUT2D eigenvalue weighted by Crippen LogP contribution is -2.41. The van der Waals surface area contributed by atoms with Crippen LogP contribution in [0.15, 0.2) is 42.5 Å². The molecular formula is C31H43NO5S. The van der Waals surface area contributed by atoms with E-state index in [0.717, 1.165) is 47.9 Å². The van der Waals surface area contributed by atoms with Crippen LogP contribution in [0.4, 0.5) is 0 Å². The third-order valence-corrected chi connectivity index (χ3v) is 7.82. The Labute approximate surface area is 231 Å². The van der Waals surface area contributed by atoms with Gasteiger partial charge < -0.3 is 19.9 Å². The number of amides is 1. The van der Waals surface area contributed by atoms with Crippen LogP contribution in [0.3, 0.4) is 0 Å². The van der Waals surface area contributed by atoms with Crippen LogP contribution in [-0.2, 0) is 20.7 Å². The Morgan fingerprint density at radius 1 is 1.08 bits per heavy atom. The van der Waals surface area contributed by atoms with Crippen LogP contribution in [0.5, 0.6) is 0 Å². The normalized spacial score (nSPS) is 15.7. The van der Waals surface area contributed by atoms with Gasteiger partial charge in [0.2, 0.25) is 0 Å². The van der Waals surface area contributed by atoms with E-state index in [1.165, 1.54) is 19.3 Å². The predicted molar refractivity (Wildman–Crippen MR) is 155 cm³/mol. The van der Waals surface area contributed by atoms with Crippen molar-refractivity contribution in [2.45, 2.75) is 83.5 Å². The van der Waals surface area contributed by atoms with E-state index >= 15 is 0 Å². The molecule has 3 rings (SSSR count). The number of carbonyl (C=O) groups is 2. The van der Waals surface area contributed by atoms with Gasteiger partial charge in [-0.25, -0.2) is 4.79 Å². The summed E-state index contributed by atoms with van der Waals surface area (Å²) in [6, 6.07) is 12.9. The van der Waals surface area contributed by atoms with Crippen molar-refractivity contribution >= 4 is 23.6 Å². The van der Waals surface area contributed by atoms with Gasteiger partial charge in [0, 0.05) is 12.2 Å². The molecule has 0 aliphatic heterocycles. The minimum Gasteiger partial charge on any atom is -0.480 e. The first-order valence-corrected chi connectivity index (χ1v) is 15.3. The number of aliphatic carboxylic acids is 1. The molecule has 1 amide bonds. The van der Waals surface area contributed by atoms with E-state index in [1.54, 1.807) is 11.8 Å². The van der Waals surface area contributed by atoms with Gasteiger partial charge in [-0.05, 0) is 86.3 Å². The molecule has 1 aliphatic carbocycles. The highest BCUT2D eigenvalue weighted by Gasteiger charge is 2.23. The second-order valence-electron chi connectivity index (χ2n) is 10.1. The minimum absolute atomic E-state index is 0.0377. The number of hydrogen-bond donors (Lipinski definition) is 2. The molecule has 0 heterocycles. The number of hydrogen-bond acceptors (Lipinski definition) is 5. The van der Waals surface area contributed by atoms with Gasteiger partial charge in [0.1, 0.15) is 6.04 Å². The van der Waals surface area contributed by atoms with Gasteiger partial charge in [-0.2, -0.15) is 11.8 Å². The molecule has 6 nitrogen and oxygen atoms in total. The lowest BCUT2D eigenvalue weighted by Gasteiger charge is -2.27. The van der Waals surface area contributed by atoms with E-state index in [2.05, 4.69) is 11.4 Å². The van der Waals surface area contributed by atoms with Gasteiger partial charge >= 0.3 is 5.97 Å². The van der Waals surface area contributed by atoms with E-state index in [1.807, 2.05) is 56.5 Å². The molecule has 0 radical (unpaired) electrons. The summed E-state index contributed by atoms with van der Waals surface area (Å²) in [6.45, 7) is 5.29. The number of rotatable bonds is 15. The Bertz CT molecular complexity index is 1040. The molecule has 1 saturated carbocycles. The average molecular weight is 542 g/mol. The molecule has 0 bridgehead atoms. The molecule has 0 aromatic heterocycles. The van der Waals surface area contributed by atoms with Crippen molar-refractivity contribution in [1.82, 2.24) is 5.32 Å². The number of aryl methyl sites for hydroxylation is 2. The van der Waals surface area contributed by atoms with Crippen molar-refractivity contribution in [3.8, 4) is 11.1 Å². The highest BCUT2D eigenvalue weighted by atomic mass is 32.2. The number of nitrogens with one attached hydrogen (secondary N) is 1. The van der Waals surface area contributed by atoms with Gasteiger partial charge in [-0.3, -0.25) is 4.79 Å². The lowest BCUT2D eigenvalue weighted by molar-refractivity contribution is -0.139. The third kappa shape index (κ3) is 9.14. The Morgan fingerprint density at radius 2 is 1.84 bits per heavy atom. The zero-order valence-electron chi connectivity index (χ0n) is 23.0. The maximum absolute atomic E-state index is 13.3. The van der Waals surface area contributed by atoms with Crippen LogP contribution in [0.25, 0.3) is 11.1 Å². The first kappa shape index (κ1) is 30.2. The summed E-state index contributed by atoms with van der Waals surface area (Å²) < 4.78 is 12.2. The third-order valence-electron chi connectivity index (χ3n) is 7.18. The van der Waals surface area contributed by atoms with Gasteiger partial charge in [-0.1, -0.05) is 55.7 Å². The quantitative estimate of drug-likeness (QED) is 0.276. The number of carbonyl (C=O) groups excluding carboxylic acids is 1. The van der Waals surface area contributed by atoms with Gasteiger partial charge in [0.25, 0.3) is 5.91 Å². The molecule has 1 unspecified atom stereocenters. The zero-order valence-corrected chi connectivity index (χ0v) is 23.9. The highest BCUT2D eigenvalue weighted by molar-refractivity contribution is 7.98. The molecule has 208 valence electrons. The molecule has 0 saturated heterocycles. The molecule has 0 spiro atoms. The van der Waals surface area contributed by atoms with E-state index in [-0.39, 0.29) is 12.0 Å². The van der Waals surface area contributed by atoms with Crippen molar-refractivity contribution in [3.05, 3.63) is 59.2 Å². The molecule has 1 aliphatic rings. The lowest BCUT2D eigenvalue weighted by atomic mass is 9.92. The summed E-state index contributed by atoms with van der Waals surface area (Å²) >= 11 is 1.56. The smallest absolute Gasteiger partial charge is 0.326 e. The average Bonchev–Trinajstić information content (AvgIpc) is 2.93. The number of ether oxygens (including phenoxy) is 2. The Hall–Kier alpha value is -2.35. The monoisotopic (exact) mass is 541 g/mol. The number of carboxylic acids is 1. The van der Waals surface area contributed by atoms with Gasteiger partial charge in [0.15, 0.2) is 0 Å². The Balaban J connectivity index is 1.82. The molecule has 2 atom stereocenters. The van der Waals surface area contributed by atoms with Crippen molar-refractivity contribution < 1.29 is 24.2 Å². The first-order chi connectivity index (χ1) is 18.4. The Morgan fingerprint density at radius 3 is 2.53 bits per heavy atom. The summed E-state index contributed by atoms with van der Waals surface area (Å²) in [5.74, 6) is -0.718. The molecular weight excluding hydrogens is 498 g/mol. The van der Waals surface area contributed by atoms with Crippen LogP contribution in [0.2, 0.25) is 0 Å². The zero-order chi connectivity index (χ0) is 27.3. The summed E-state index contributed by atoms with van der Waals surface area (Å²) in [4.78, 5) is 25.1. The largest absolute Gasteiger partial charge is 0.480 e. The maximum Gasteiger partial charge on any atom is 0.326 e. The van der Waals surface area contributed by atoms with Crippen LogP contribution >= 0.6 is 11.8 Å². The molecule has 7 heteroatoms. The maximum atomic E-state index is 13.3. The summed E-state index contributed by atoms with van der Waals surface area (Å²) in [5, 5.41) is 12.4. The SMILES string of the molecule is CCOCC(CCc1ccc(C(=O)N[C@@H](CCSC)C(=O)O)c(-c2ccccc2C)c1)OC1CCCCC1. The number of benzene rings is 2. The second kappa shape index (κ2) is 15.9. The van der Waals surface area contributed by atoms with Crippen molar-refractivity contribution in [2.75, 3.05) is 25.2 Å². The fraction of sp³-hybridized carbons (Fsp3) is 0.548. The van der Waals surface area contributed by atoms with Crippen LogP contribution in [-0.4, -0.2) is 60.5 Å². The molecule has 1 fully saturated rings. The van der Waals surface area contributed by atoms with E-state index in [0.29, 0.717) is 37.1 Å². The minimum atomic E-state index is -1.01. The summed E-state index contributed by atoms with van der Waals surface area (Å²) in [7, 11) is 0. The fourth-order valence-corrected chi connectivity index (χ4v) is 5.48. The molecule has 2 aromatic carbocycles. The molecule has 38 heavy (non-hydrogen) atoms. The molecule has 2 N–H and O–H groups in total. The van der Waals surface area contributed by atoms with Crippen LogP contribution < -0.4 is 5.32 Å². The van der Waals surface area contributed by atoms with Gasteiger partial charge in [-0.15, -0.1) is 0 Å². The van der Waals surface area contributed by atoms with Gasteiger partial charge in [0.05, 0.1) is 18.8 Å². The van der Waals surface area contributed by atoms with E-state index in [4.69, 9.17) is 9.47 Å².